The SMILES string of the molecule is CCCC(NC(=O)Cc1ccccc1CN)C(=O)O. The Hall–Kier alpha value is -1.88. The van der Waals surface area contributed by atoms with Crippen molar-refractivity contribution in [2.45, 2.75) is 38.8 Å². The van der Waals surface area contributed by atoms with Gasteiger partial charge >= 0.3 is 5.97 Å². The van der Waals surface area contributed by atoms with Gasteiger partial charge < -0.3 is 16.2 Å². The Bertz CT molecular complexity index is 446. The number of nitrogens with one attached hydrogen (secondary N) is 1. The van der Waals surface area contributed by atoms with E-state index in [2.05, 4.69) is 5.32 Å². The van der Waals surface area contributed by atoms with Gasteiger partial charge in [-0.1, -0.05) is 37.6 Å². The number of aliphatic carboxylic acids is 1. The zero-order valence-corrected chi connectivity index (χ0v) is 11.1. The molecule has 1 atom stereocenters. The number of hydrogen-bond acceptors (Lipinski definition) is 3. The molecule has 5 nitrogen and oxygen atoms in total. The van der Waals surface area contributed by atoms with Crippen LogP contribution < -0.4 is 11.1 Å². The Kier molecular flexibility index (Phi) is 6.02. The molecule has 0 heterocycles. The summed E-state index contributed by atoms with van der Waals surface area (Å²) in [7, 11) is 0. The number of carbonyl (C=O) groups is 2. The van der Waals surface area contributed by atoms with E-state index in [9.17, 15) is 9.59 Å². The first-order valence-corrected chi connectivity index (χ1v) is 6.37. The maximum atomic E-state index is 11.9. The van der Waals surface area contributed by atoms with Gasteiger partial charge in [-0.15, -0.1) is 0 Å². The lowest BCUT2D eigenvalue weighted by atomic mass is 10.0. The standard InChI is InChI=1S/C14H20N2O3/c1-2-5-12(14(18)19)16-13(17)8-10-6-3-4-7-11(10)9-15/h3-4,6-7,12H,2,5,8-9,15H2,1H3,(H,16,17)(H,18,19). The topological polar surface area (TPSA) is 92.4 Å². The molecule has 0 radical (unpaired) electrons. The van der Waals surface area contributed by atoms with Crippen molar-refractivity contribution in [1.29, 1.82) is 0 Å². The van der Waals surface area contributed by atoms with Crippen LogP contribution in [0.5, 0.6) is 0 Å². The van der Waals surface area contributed by atoms with E-state index in [1.54, 1.807) is 0 Å². The Morgan fingerprint density at radius 1 is 1.32 bits per heavy atom. The first kappa shape index (κ1) is 15.2. The molecule has 19 heavy (non-hydrogen) atoms. The number of rotatable bonds is 7. The molecule has 0 aliphatic carbocycles. The molecule has 0 aliphatic rings. The summed E-state index contributed by atoms with van der Waals surface area (Å²) in [5.41, 5.74) is 7.34. The van der Waals surface area contributed by atoms with Crippen LogP contribution >= 0.6 is 0 Å². The molecule has 1 aromatic carbocycles. The van der Waals surface area contributed by atoms with Crippen LogP contribution in [-0.4, -0.2) is 23.0 Å². The van der Waals surface area contributed by atoms with Gasteiger partial charge in [0.05, 0.1) is 6.42 Å². The number of amides is 1. The Morgan fingerprint density at radius 3 is 2.47 bits per heavy atom. The van der Waals surface area contributed by atoms with Crippen molar-refractivity contribution in [3.63, 3.8) is 0 Å². The molecule has 0 spiro atoms. The Balaban J connectivity index is 2.66. The van der Waals surface area contributed by atoms with E-state index in [0.29, 0.717) is 19.4 Å². The third-order valence-electron chi connectivity index (χ3n) is 2.90. The quantitative estimate of drug-likeness (QED) is 0.686. The van der Waals surface area contributed by atoms with Crippen LogP contribution in [-0.2, 0) is 22.6 Å². The summed E-state index contributed by atoms with van der Waals surface area (Å²) < 4.78 is 0. The van der Waals surface area contributed by atoms with Crippen LogP contribution in [0.25, 0.3) is 0 Å². The van der Waals surface area contributed by atoms with E-state index in [1.807, 2.05) is 31.2 Å². The van der Waals surface area contributed by atoms with E-state index in [0.717, 1.165) is 11.1 Å². The summed E-state index contributed by atoms with van der Waals surface area (Å²) in [6, 6.07) is 6.58. The molecule has 104 valence electrons. The summed E-state index contributed by atoms with van der Waals surface area (Å²) >= 11 is 0. The lowest BCUT2D eigenvalue weighted by Gasteiger charge is -2.14. The summed E-state index contributed by atoms with van der Waals surface area (Å²) in [6.07, 6.45) is 1.29. The van der Waals surface area contributed by atoms with Crippen LogP contribution in [0.2, 0.25) is 0 Å². The van der Waals surface area contributed by atoms with Crippen molar-refractivity contribution < 1.29 is 14.7 Å². The number of carboxylic acids is 1. The summed E-state index contributed by atoms with van der Waals surface area (Å²) in [4.78, 5) is 22.8. The van der Waals surface area contributed by atoms with Gasteiger partial charge in [0.2, 0.25) is 5.91 Å². The van der Waals surface area contributed by atoms with Gasteiger partial charge in [-0.2, -0.15) is 0 Å². The minimum Gasteiger partial charge on any atom is -0.480 e. The van der Waals surface area contributed by atoms with Crippen LogP contribution in [0.1, 0.15) is 30.9 Å². The van der Waals surface area contributed by atoms with E-state index < -0.39 is 12.0 Å². The van der Waals surface area contributed by atoms with Crippen LogP contribution in [0, 0.1) is 0 Å². The van der Waals surface area contributed by atoms with Gasteiger partial charge in [0.1, 0.15) is 6.04 Å². The van der Waals surface area contributed by atoms with E-state index in [1.165, 1.54) is 0 Å². The molecule has 1 unspecified atom stereocenters. The monoisotopic (exact) mass is 264 g/mol. The van der Waals surface area contributed by atoms with Crippen molar-refractivity contribution in [2.75, 3.05) is 0 Å². The van der Waals surface area contributed by atoms with Crippen LogP contribution in [0.3, 0.4) is 0 Å². The first-order chi connectivity index (χ1) is 9.08. The molecule has 0 saturated carbocycles. The maximum absolute atomic E-state index is 11.9. The second-order valence-electron chi connectivity index (χ2n) is 4.40. The number of carbonyl (C=O) groups excluding carboxylic acids is 1. The highest BCUT2D eigenvalue weighted by molar-refractivity contribution is 5.85. The fourth-order valence-electron chi connectivity index (χ4n) is 1.89. The molecule has 0 fully saturated rings. The number of benzene rings is 1. The first-order valence-electron chi connectivity index (χ1n) is 6.37. The number of nitrogens with two attached hydrogens (primary N) is 1. The molecule has 0 saturated heterocycles. The van der Waals surface area contributed by atoms with E-state index in [-0.39, 0.29) is 12.3 Å². The lowest BCUT2D eigenvalue weighted by molar-refractivity contribution is -0.141. The fraction of sp³-hybridized carbons (Fsp3) is 0.429. The third-order valence-corrected chi connectivity index (χ3v) is 2.90. The average Bonchev–Trinajstić information content (AvgIpc) is 2.38. The Morgan fingerprint density at radius 2 is 1.95 bits per heavy atom. The molecule has 0 bridgehead atoms. The van der Waals surface area contributed by atoms with Gasteiger partial charge in [-0.25, -0.2) is 4.79 Å². The van der Waals surface area contributed by atoms with Gasteiger partial charge in [0.15, 0.2) is 0 Å². The highest BCUT2D eigenvalue weighted by atomic mass is 16.4. The van der Waals surface area contributed by atoms with Crippen LogP contribution in [0.4, 0.5) is 0 Å². The average molecular weight is 264 g/mol. The zero-order valence-electron chi connectivity index (χ0n) is 11.1. The predicted molar refractivity (Wildman–Crippen MR) is 72.5 cm³/mol. The maximum Gasteiger partial charge on any atom is 0.326 e. The second-order valence-corrected chi connectivity index (χ2v) is 4.40. The van der Waals surface area contributed by atoms with Gasteiger partial charge in [0, 0.05) is 6.54 Å². The second kappa shape index (κ2) is 7.53. The summed E-state index contributed by atoms with van der Waals surface area (Å²) in [5, 5.41) is 11.5. The van der Waals surface area contributed by atoms with E-state index in [4.69, 9.17) is 10.8 Å². The third kappa shape index (κ3) is 4.71. The molecule has 1 aromatic rings. The van der Waals surface area contributed by atoms with Crippen molar-refractivity contribution in [1.82, 2.24) is 5.32 Å². The van der Waals surface area contributed by atoms with Gasteiger partial charge in [-0.05, 0) is 17.5 Å². The normalized spacial score (nSPS) is 11.9. The highest BCUT2D eigenvalue weighted by Gasteiger charge is 2.19. The molecular formula is C14H20N2O3. The van der Waals surface area contributed by atoms with Crippen molar-refractivity contribution in [3.05, 3.63) is 35.4 Å². The predicted octanol–water partition coefficient (Wildman–Crippen LogP) is 1.06. The molecule has 0 aromatic heterocycles. The highest BCUT2D eigenvalue weighted by Crippen LogP contribution is 2.09. The molecule has 4 N–H and O–H groups in total. The largest absolute Gasteiger partial charge is 0.480 e. The summed E-state index contributed by atoms with van der Waals surface area (Å²) in [6.45, 7) is 2.24. The van der Waals surface area contributed by atoms with Crippen molar-refractivity contribution in [2.24, 2.45) is 5.73 Å². The van der Waals surface area contributed by atoms with Crippen molar-refractivity contribution >= 4 is 11.9 Å². The molecular weight excluding hydrogens is 244 g/mol. The molecule has 1 amide bonds. The number of hydrogen-bond donors (Lipinski definition) is 3. The molecule has 0 aliphatic heterocycles. The molecule has 5 heteroatoms. The smallest absolute Gasteiger partial charge is 0.326 e. The minimum absolute atomic E-state index is 0.154. The fourth-order valence-corrected chi connectivity index (χ4v) is 1.89. The zero-order chi connectivity index (χ0) is 14.3. The lowest BCUT2D eigenvalue weighted by Crippen LogP contribution is -2.41. The van der Waals surface area contributed by atoms with Gasteiger partial charge in [0.25, 0.3) is 0 Å². The van der Waals surface area contributed by atoms with E-state index >= 15 is 0 Å². The van der Waals surface area contributed by atoms with Crippen molar-refractivity contribution in [3.8, 4) is 0 Å². The summed E-state index contributed by atoms with van der Waals surface area (Å²) in [5.74, 6) is -1.29. The van der Waals surface area contributed by atoms with Crippen LogP contribution in [0.15, 0.2) is 24.3 Å². The van der Waals surface area contributed by atoms with Gasteiger partial charge in [-0.3, -0.25) is 4.79 Å². The molecule has 1 rings (SSSR count). The minimum atomic E-state index is -0.998. The Labute approximate surface area is 112 Å². The number of carboxylic acid groups (broad SMARTS) is 1.